The fraction of sp³-hybridized carbons (Fsp3) is 0.133. The number of nitrogens with zero attached hydrogens (tertiary/aromatic N) is 1. The van der Waals surface area contributed by atoms with Crippen LogP contribution >= 0.6 is 11.8 Å². The van der Waals surface area contributed by atoms with Crippen LogP contribution < -0.4 is 0 Å². The van der Waals surface area contributed by atoms with Gasteiger partial charge in [-0.05, 0) is 42.8 Å². The Labute approximate surface area is 115 Å². The summed E-state index contributed by atoms with van der Waals surface area (Å²) in [5, 5.41) is 18.7. The Hall–Kier alpha value is -1.83. The summed E-state index contributed by atoms with van der Waals surface area (Å²) in [4.78, 5) is 1.50. The van der Waals surface area contributed by atoms with E-state index < -0.39 is 6.10 Å². The van der Waals surface area contributed by atoms with E-state index in [2.05, 4.69) is 6.07 Å². The van der Waals surface area contributed by atoms with E-state index in [1.165, 1.54) is 23.9 Å². The largest absolute Gasteiger partial charge is 0.389 e. The smallest absolute Gasteiger partial charge is 0.124 e. The monoisotopic (exact) mass is 273 g/mol. The molecule has 0 fully saturated rings. The van der Waals surface area contributed by atoms with Crippen molar-refractivity contribution in [1.29, 1.82) is 5.26 Å². The van der Waals surface area contributed by atoms with Gasteiger partial charge in [0.25, 0.3) is 0 Å². The highest BCUT2D eigenvalue weighted by molar-refractivity contribution is 7.99. The molecule has 4 heteroatoms. The summed E-state index contributed by atoms with van der Waals surface area (Å²) >= 11 is 1.34. The molecule has 0 aromatic heterocycles. The first-order chi connectivity index (χ1) is 9.10. The average Bonchev–Trinajstić information content (AvgIpc) is 2.38. The summed E-state index contributed by atoms with van der Waals surface area (Å²) in [6.45, 7) is 1.66. The van der Waals surface area contributed by atoms with Gasteiger partial charge in [-0.15, -0.1) is 0 Å². The molecule has 0 aliphatic rings. The SMILES string of the molecule is C[C@@H](O)c1ccc(C#N)cc1Sc1cccc(F)c1. The third kappa shape index (κ3) is 3.34. The molecule has 1 N–H and O–H groups in total. The van der Waals surface area contributed by atoms with E-state index in [0.717, 1.165) is 15.4 Å². The molecule has 0 bridgehead atoms. The third-order valence-corrected chi connectivity index (χ3v) is 3.68. The fourth-order valence-electron chi connectivity index (χ4n) is 1.69. The average molecular weight is 273 g/mol. The Morgan fingerprint density at radius 1 is 1.26 bits per heavy atom. The summed E-state index contributed by atoms with van der Waals surface area (Å²) in [7, 11) is 0. The molecule has 96 valence electrons. The van der Waals surface area contributed by atoms with Crippen molar-refractivity contribution in [3.8, 4) is 6.07 Å². The van der Waals surface area contributed by atoms with Crippen molar-refractivity contribution in [3.63, 3.8) is 0 Å². The Bertz CT molecular complexity index is 634. The molecule has 2 rings (SSSR count). The topological polar surface area (TPSA) is 44.0 Å². The van der Waals surface area contributed by atoms with Crippen LogP contribution in [0.1, 0.15) is 24.2 Å². The Morgan fingerprint density at radius 2 is 2.05 bits per heavy atom. The fourth-order valence-corrected chi connectivity index (χ4v) is 2.81. The lowest BCUT2D eigenvalue weighted by molar-refractivity contribution is 0.196. The molecule has 0 amide bonds. The molecule has 2 aromatic carbocycles. The van der Waals surface area contributed by atoms with E-state index in [1.54, 1.807) is 37.3 Å². The van der Waals surface area contributed by atoms with Gasteiger partial charge < -0.3 is 5.11 Å². The maximum absolute atomic E-state index is 13.2. The van der Waals surface area contributed by atoms with Gasteiger partial charge in [0.2, 0.25) is 0 Å². The van der Waals surface area contributed by atoms with Crippen molar-refractivity contribution in [1.82, 2.24) is 0 Å². The van der Waals surface area contributed by atoms with Gasteiger partial charge in [-0.3, -0.25) is 0 Å². The Morgan fingerprint density at radius 3 is 2.68 bits per heavy atom. The summed E-state index contributed by atoms with van der Waals surface area (Å²) in [6, 6.07) is 13.4. The van der Waals surface area contributed by atoms with E-state index in [-0.39, 0.29) is 5.82 Å². The number of hydrogen-bond donors (Lipinski definition) is 1. The molecule has 2 nitrogen and oxygen atoms in total. The normalized spacial score (nSPS) is 11.9. The molecular weight excluding hydrogens is 261 g/mol. The Kier molecular flexibility index (Phi) is 4.20. The highest BCUT2D eigenvalue weighted by Gasteiger charge is 2.10. The number of aliphatic hydroxyl groups excluding tert-OH is 1. The summed E-state index contributed by atoms with van der Waals surface area (Å²) < 4.78 is 13.2. The van der Waals surface area contributed by atoms with Crippen molar-refractivity contribution in [2.24, 2.45) is 0 Å². The van der Waals surface area contributed by atoms with Crippen molar-refractivity contribution < 1.29 is 9.50 Å². The van der Waals surface area contributed by atoms with Crippen LogP contribution in [0.4, 0.5) is 4.39 Å². The maximum Gasteiger partial charge on any atom is 0.124 e. The van der Waals surface area contributed by atoms with Gasteiger partial charge in [0.05, 0.1) is 17.7 Å². The lowest BCUT2D eigenvalue weighted by atomic mass is 10.1. The second-order valence-electron chi connectivity index (χ2n) is 4.10. The van der Waals surface area contributed by atoms with Gasteiger partial charge in [-0.1, -0.05) is 23.9 Å². The molecule has 0 unspecified atom stereocenters. The van der Waals surface area contributed by atoms with Gasteiger partial charge in [0.1, 0.15) is 5.82 Å². The highest BCUT2D eigenvalue weighted by atomic mass is 32.2. The van der Waals surface area contributed by atoms with Gasteiger partial charge in [0.15, 0.2) is 0 Å². The van der Waals surface area contributed by atoms with Crippen molar-refractivity contribution >= 4 is 11.8 Å². The van der Waals surface area contributed by atoms with E-state index in [1.807, 2.05) is 0 Å². The summed E-state index contributed by atoms with van der Waals surface area (Å²) in [5.41, 5.74) is 1.25. The predicted octanol–water partition coefficient (Wildman–Crippen LogP) is 3.90. The summed E-state index contributed by atoms with van der Waals surface area (Å²) in [5.74, 6) is -0.306. The number of halogens is 1. The minimum atomic E-state index is -0.635. The first kappa shape index (κ1) is 13.6. The highest BCUT2D eigenvalue weighted by Crippen LogP contribution is 2.34. The molecule has 0 heterocycles. The van der Waals surface area contributed by atoms with Crippen molar-refractivity contribution in [2.45, 2.75) is 22.8 Å². The van der Waals surface area contributed by atoms with Crippen LogP contribution in [0.5, 0.6) is 0 Å². The Balaban J connectivity index is 2.40. The molecule has 2 aromatic rings. The van der Waals surface area contributed by atoms with Crippen LogP contribution in [0.15, 0.2) is 52.3 Å². The second kappa shape index (κ2) is 5.87. The molecule has 0 aliphatic carbocycles. The molecule has 0 aliphatic heterocycles. The van der Waals surface area contributed by atoms with Crippen LogP contribution in [0.2, 0.25) is 0 Å². The van der Waals surface area contributed by atoms with E-state index >= 15 is 0 Å². The number of aliphatic hydroxyl groups is 1. The number of hydrogen-bond acceptors (Lipinski definition) is 3. The quantitative estimate of drug-likeness (QED) is 0.922. The van der Waals surface area contributed by atoms with Gasteiger partial charge in [-0.2, -0.15) is 5.26 Å². The molecule has 0 spiro atoms. The maximum atomic E-state index is 13.2. The predicted molar refractivity (Wildman–Crippen MR) is 72.3 cm³/mol. The zero-order chi connectivity index (χ0) is 13.8. The first-order valence-corrected chi connectivity index (χ1v) is 6.57. The molecular formula is C15H12FNOS. The summed E-state index contributed by atoms with van der Waals surface area (Å²) in [6.07, 6.45) is -0.635. The number of nitriles is 1. The molecule has 0 saturated carbocycles. The zero-order valence-corrected chi connectivity index (χ0v) is 11.1. The third-order valence-electron chi connectivity index (χ3n) is 2.62. The lowest BCUT2D eigenvalue weighted by Crippen LogP contribution is -1.94. The van der Waals surface area contributed by atoms with Crippen molar-refractivity contribution in [3.05, 3.63) is 59.4 Å². The first-order valence-electron chi connectivity index (χ1n) is 5.75. The van der Waals surface area contributed by atoms with E-state index in [4.69, 9.17) is 5.26 Å². The standard InChI is InChI=1S/C15H12FNOS/c1-10(18)14-6-5-11(9-17)7-15(14)19-13-4-2-3-12(16)8-13/h2-8,10,18H,1H3/t10-/m1/s1. The van der Waals surface area contributed by atoms with Crippen LogP contribution in [0, 0.1) is 17.1 Å². The molecule has 0 radical (unpaired) electrons. The molecule has 19 heavy (non-hydrogen) atoms. The van der Waals surface area contributed by atoms with Crippen molar-refractivity contribution in [2.75, 3.05) is 0 Å². The zero-order valence-electron chi connectivity index (χ0n) is 10.3. The van der Waals surface area contributed by atoms with Crippen LogP contribution in [-0.2, 0) is 0 Å². The van der Waals surface area contributed by atoms with E-state index in [0.29, 0.717) is 5.56 Å². The van der Waals surface area contributed by atoms with Crippen LogP contribution in [-0.4, -0.2) is 5.11 Å². The van der Waals surface area contributed by atoms with Crippen LogP contribution in [0.3, 0.4) is 0 Å². The van der Waals surface area contributed by atoms with Crippen LogP contribution in [0.25, 0.3) is 0 Å². The minimum Gasteiger partial charge on any atom is -0.389 e. The molecule has 0 saturated heterocycles. The second-order valence-corrected chi connectivity index (χ2v) is 5.22. The number of rotatable bonds is 3. The van der Waals surface area contributed by atoms with E-state index in [9.17, 15) is 9.50 Å². The van der Waals surface area contributed by atoms with Gasteiger partial charge in [0, 0.05) is 9.79 Å². The lowest BCUT2D eigenvalue weighted by Gasteiger charge is -2.12. The number of benzene rings is 2. The molecule has 1 atom stereocenters. The van der Waals surface area contributed by atoms with Gasteiger partial charge in [-0.25, -0.2) is 4.39 Å². The minimum absolute atomic E-state index is 0.306. The van der Waals surface area contributed by atoms with Gasteiger partial charge >= 0.3 is 0 Å².